The van der Waals surface area contributed by atoms with Gasteiger partial charge in [-0.2, -0.15) is 5.26 Å². The topological polar surface area (TPSA) is 35.8 Å². The summed E-state index contributed by atoms with van der Waals surface area (Å²) in [6.07, 6.45) is 6.81. The van der Waals surface area contributed by atoms with Gasteiger partial charge in [0.1, 0.15) is 0 Å². The van der Waals surface area contributed by atoms with Crippen LogP contribution in [0.1, 0.15) is 59.3 Å². The molecule has 0 fully saturated rings. The summed E-state index contributed by atoms with van der Waals surface area (Å²) in [6.45, 7) is 6.58. The highest BCUT2D eigenvalue weighted by Gasteiger charge is 2.08. The van der Waals surface area contributed by atoms with Crippen LogP contribution in [0.2, 0.25) is 0 Å². The number of hydrogen-bond acceptors (Lipinski definition) is 2. The van der Waals surface area contributed by atoms with Crippen LogP contribution in [0, 0.1) is 11.3 Å². The van der Waals surface area contributed by atoms with E-state index in [1.807, 2.05) is 0 Å². The van der Waals surface area contributed by atoms with Gasteiger partial charge in [-0.15, -0.1) is 0 Å². The average molecular weight is 196 g/mol. The molecule has 14 heavy (non-hydrogen) atoms. The number of hydrogen-bond donors (Lipinski definition) is 1. The number of nitrogens with zero attached hydrogens (tertiary/aromatic N) is 1. The maximum atomic E-state index is 8.60. The van der Waals surface area contributed by atoms with Gasteiger partial charge in [0, 0.05) is 12.1 Å². The highest BCUT2D eigenvalue weighted by molar-refractivity contribution is 4.81. The van der Waals surface area contributed by atoms with Crippen molar-refractivity contribution >= 4 is 0 Å². The van der Waals surface area contributed by atoms with E-state index in [4.69, 9.17) is 5.26 Å². The third-order valence-electron chi connectivity index (χ3n) is 2.59. The fourth-order valence-electron chi connectivity index (χ4n) is 1.62. The normalized spacial score (nSPS) is 14.7. The molecule has 0 bridgehead atoms. The van der Waals surface area contributed by atoms with Crippen LogP contribution in [-0.2, 0) is 0 Å². The van der Waals surface area contributed by atoms with Crippen molar-refractivity contribution in [1.29, 1.82) is 5.26 Å². The first-order valence-electron chi connectivity index (χ1n) is 5.87. The molecule has 0 saturated heterocycles. The van der Waals surface area contributed by atoms with Crippen LogP contribution in [-0.4, -0.2) is 12.1 Å². The summed E-state index contributed by atoms with van der Waals surface area (Å²) in [5, 5.41) is 12.1. The van der Waals surface area contributed by atoms with E-state index < -0.39 is 0 Å². The van der Waals surface area contributed by atoms with Crippen LogP contribution >= 0.6 is 0 Å². The number of nitrogens with one attached hydrogen (secondary N) is 1. The first kappa shape index (κ1) is 13.4. The van der Waals surface area contributed by atoms with Gasteiger partial charge in [0.15, 0.2) is 0 Å². The molecule has 82 valence electrons. The molecule has 0 aromatic rings. The highest BCUT2D eigenvalue weighted by atomic mass is 14.9. The number of nitriles is 1. The van der Waals surface area contributed by atoms with Gasteiger partial charge in [-0.05, 0) is 19.8 Å². The summed E-state index contributed by atoms with van der Waals surface area (Å²) in [5.74, 6) is 0. The molecule has 0 aliphatic heterocycles. The molecular formula is C12H24N2. The summed E-state index contributed by atoms with van der Waals surface area (Å²) in [6, 6.07) is 3.17. The molecule has 2 atom stereocenters. The lowest BCUT2D eigenvalue weighted by molar-refractivity contribution is 0.410. The molecule has 0 spiro atoms. The molecule has 0 radical (unpaired) electrons. The van der Waals surface area contributed by atoms with Crippen molar-refractivity contribution in [1.82, 2.24) is 5.32 Å². The summed E-state index contributed by atoms with van der Waals surface area (Å²) in [4.78, 5) is 0. The van der Waals surface area contributed by atoms with E-state index in [2.05, 4.69) is 32.2 Å². The summed E-state index contributed by atoms with van der Waals surface area (Å²) >= 11 is 0. The highest BCUT2D eigenvalue weighted by Crippen LogP contribution is 2.05. The number of unbranched alkanes of at least 4 members (excludes halogenated alkanes) is 2. The van der Waals surface area contributed by atoms with Crippen LogP contribution in [0.5, 0.6) is 0 Å². The Hall–Kier alpha value is -0.550. The Kier molecular flexibility index (Phi) is 8.67. The molecule has 0 aliphatic carbocycles. The molecule has 0 amide bonds. The summed E-state index contributed by atoms with van der Waals surface area (Å²) in [7, 11) is 0. The minimum Gasteiger partial charge on any atom is -0.310 e. The standard InChI is InChI=1S/C12H24N2/c1-4-6-7-8-11(3)14-12(5-2)9-10-13/h11-12,14H,4-9H2,1-3H3. The third-order valence-corrected chi connectivity index (χ3v) is 2.59. The van der Waals surface area contributed by atoms with E-state index in [1.54, 1.807) is 0 Å². The van der Waals surface area contributed by atoms with Gasteiger partial charge >= 0.3 is 0 Å². The van der Waals surface area contributed by atoms with Gasteiger partial charge in [0.05, 0.1) is 12.5 Å². The van der Waals surface area contributed by atoms with Gasteiger partial charge in [0.25, 0.3) is 0 Å². The predicted octanol–water partition coefficient (Wildman–Crippen LogP) is 3.24. The van der Waals surface area contributed by atoms with Gasteiger partial charge < -0.3 is 5.32 Å². The smallest absolute Gasteiger partial charge is 0.0638 e. The maximum absolute atomic E-state index is 8.60. The second-order valence-corrected chi connectivity index (χ2v) is 4.03. The molecule has 2 heteroatoms. The summed E-state index contributed by atoms with van der Waals surface area (Å²) in [5.41, 5.74) is 0. The zero-order chi connectivity index (χ0) is 10.8. The third kappa shape index (κ3) is 6.91. The van der Waals surface area contributed by atoms with Crippen molar-refractivity contribution in [2.75, 3.05) is 0 Å². The first-order chi connectivity index (χ1) is 6.74. The summed E-state index contributed by atoms with van der Waals surface area (Å²) < 4.78 is 0. The second kappa shape index (κ2) is 9.02. The quantitative estimate of drug-likeness (QED) is 0.605. The van der Waals surface area contributed by atoms with Crippen molar-refractivity contribution in [3.63, 3.8) is 0 Å². The van der Waals surface area contributed by atoms with Crippen LogP contribution < -0.4 is 5.32 Å². The fraction of sp³-hybridized carbons (Fsp3) is 0.917. The second-order valence-electron chi connectivity index (χ2n) is 4.03. The molecule has 0 aromatic heterocycles. The minimum atomic E-state index is 0.386. The van der Waals surface area contributed by atoms with Crippen molar-refractivity contribution in [3.8, 4) is 6.07 Å². The van der Waals surface area contributed by atoms with Crippen LogP contribution in [0.25, 0.3) is 0 Å². The van der Waals surface area contributed by atoms with E-state index in [0.717, 1.165) is 6.42 Å². The fourth-order valence-corrected chi connectivity index (χ4v) is 1.62. The molecule has 0 aliphatic rings. The van der Waals surface area contributed by atoms with Crippen molar-refractivity contribution in [3.05, 3.63) is 0 Å². The molecule has 2 unspecified atom stereocenters. The van der Waals surface area contributed by atoms with Gasteiger partial charge in [-0.3, -0.25) is 0 Å². The van der Waals surface area contributed by atoms with Crippen molar-refractivity contribution in [2.45, 2.75) is 71.4 Å². The van der Waals surface area contributed by atoms with Gasteiger partial charge in [-0.1, -0.05) is 33.1 Å². The zero-order valence-electron chi connectivity index (χ0n) is 9.84. The predicted molar refractivity (Wildman–Crippen MR) is 61.0 cm³/mol. The molecule has 0 aromatic carbocycles. The Balaban J connectivity index is 3.57. The zero-order valence-corrected chi connectivity index (χ0v) is 9.84. The minimum absolute atomic E-state index is 0.386. The average Bonchev–Trinajstić information content (AvgIpc) is 2.17. The van der Waals surface area contributed by atoms with Crippen molar-refractivity contribution < 1.29 is 0 Å². The Morgan fingerprint density at radius 2 is 2.00 bits per heavy atom. The van der Waals surface area contributed by atoms with E-state index in [-0.39, 0.29) is 0 Å². The molecule has 0 saturated carbocycles. The van der Waals surface area contributed by atoms with Crippen LogP contribution in [0.15, 0.2) is 0 Å². The molecule has 0 heterocycles. The Morgan fingerprint density at radius 1 is 1.29 bits per heavy atom. The van der Waals surface area contributed by atoms with E-state index in [9.17, 15) is 0 Å². The van der Waals surface area contributed by atoms with Crippen molar-refractivity contribution in [2.24, 2.45) is 0 Å². The number of rotatable bonds is 8. The van der Waals surface area contributed by atoms with Gasteiger partial charge in [0.2, 0.25) is 0 Å². The molecule has 1 N–H and O–H groups in total. The molecule has 2 nitrogen and oxygen atoms in total. The Bertz CT molecular complexity index is 160. The van der Waals surface area contributed by atoms with E-state index >= 15 is 0 Å². The molecular weight excluding hydrogens is 172 g/mol. The first-order valence-corrected chi connectivity index (χ1v) is 5.87. The lowest BCUT2D eigenvalue weighted by Gasteiger charge is -2.19. The lowest BCUT2D eigenvalue weighted by atomic mass is 10.1. The largest absolute Gasteiger partial charge is 0.310 e. The van der Waals surface area contributed by atoms with Crippen LogP contribution in [0.3, 0.4) is 0 Å². The Morgan fingerprint density at radius 3 is 2.50 bits per heavy atom. The maximum Gasteiger partial charge on any atom is 0.0638 e. The van der Waals surface area contributed by atoms with E-state index in [1.165, 1.54) is 25.7 Å². The SMILES string of the molecule is CCCCCC(C)NC(CC)CC#N. The van der Waals surface area contributed by atoms with Gasteiger partial charge in [-0.25, -0.2) is 0 Å². The van der Waals surface area contributed by atoms with Crippen LogP contribution in [0.4, 0.5) is 0 Å². The molecule has 0 rings (SSSR count). The lowest BCUT2D eigenvalue weighted by Crippen LogP contribution is -2.35. The monoisotopic (exact) mass is 196 g/mol. The van der Waals surface area contributed by atoms with E-state index in [0.29, 0.717) is 18.5 Å². The Labute approximate surface area is 88.7 Å².